The van der Waals surface area contributed by atoms with Crippen LogP contribution >= 0.6 is 11.3 Å². The molecule has 0 spiro atoms. The summed E-state index contributed by atoms with van der Waals surface area (Å²) in [5.74, 6) is 0. The van der Waals surface area contributed by atoms with Gasteiger partial charge in [-0.05, 0) is 47.0 Å². The van der Waals surface area contributed by atoms with Gasteiger partial charge in [-0.15, -0.1) is 0 Å². The first-order chi connectivity index (χ1) is 8.70. The second kappa shape index (κ2) is 4.76. The third-order valence-corrected chi connectivity index (χ3v) is 4.40. The zero-order valence-corrected chi connectivity index (χ0v) is 12.7. The number of nitrogens with two attached hydrogens (primary N) is 1. The molecule has 2 rings (SSSR count). The molecular weight excluding hydrogens is 262 g/mol. The Morgan fingerprint density at radius 2 is 2.11 bits per heavy atom. The Labute approximate surface area is 117 Å². The minimum Gasteiger partial charge on any atom is -0.444 e. The minimum atomic E-state index is -0.512. The van der Waals surface area contributed by atoms with E-state index in [4.69, 9.17) is 10.5 Å². The fourth-order valence-corrected chi connectivity index (χ4v) is 3.20. The van der Waals surface area contributed by atoms with E-state index in [-0.39, 0.29) is 5.54 Å². The van der Waals surface area contributed by atoms with E-state index in [1.807, 2.05) is 27.7 Å². The van der Waals surface area contributed by atoms with Gasteiger partial charge >= 0.3 is 6.09 Å². The van der Waals surface area contributed by atoms with Crippen LogP contribution in [0, 0.1) is 6.92 Å². The molecule has 106 valence electrons. The number of carbonyl (C=O) groups excluding carboxylic acids is 1. The highest BCUT2D eigenvalue weighted by atomic mass is 32.1. The van der Waals surface area contributed by atoms with Crippen molar-refractivity contribution in [2.75, 3.05) is 5.32 Å². The largest absolute Gasteiger partial charge is 0.444 e. The molecule has 1 saturated carbocycles. The summed E-state index contributed by atoms with van der Waals surface area (Å²) in [4.78, 5) is 17.1. The van der Waals surface area contributed by atoms with Gasteiger partial charge in [0.05, 0.1) is 11.2 Å². The molecule has 5 nitrogen and oxygen atoms in total. The molecule has 1 amide bonds. The maximum atomic E-state index is 11.7. The van der Waals surface area contributed by atoms with Crippen molar-refractivity contribution in [3.63, 3.8) is 0 Å². The van der Waals surface area contributed by atoms with Gasteiger partial charge in [-0.25, -0.2) is 9.78 Å². The Balaban J connectivity index is 2.06. The van der Waals surface area contributed by atoms with Crippen LogP contribution in [0.1, 0.15) is 50.6 Å². The molecule has 1 heterocycles. The number of hydrogen-bond acceptors (Lipinski definition) is 5. The summed E-state index contributed by atoms with van der Waals surface area (Å²) in [7, 11) is 0. The van der Waals surface area contributed by atoms with Crippen LogP contribution in [0.2, 0.25) is 0 Å². The van der Waals surface area contributed by atoms with Gasteiger partial charge in [-0.3, -0.25) is 5.32 Å². The number of carbonyl (C=O) groups is 1. The predicted octanol–water partition coefficient (Wildman–Crippen LogP) is 3.14. The van der Waals surface area contributed by atoms with Gasteiger partial charge in [-0.1, -0.05) is 11.3 Å². The first-order valence-corrected chi connectivity index (χ1v) is 7.28. The first kappa shape index (κ1) is 14.3. The molecule has 0 aliphatic heterocycles. The number of anilines is 1. The molecule has 1 fully saturated rings. The Morgan fingerprint density at radius 1 is 1.47 bits per heavy atom. The average Bonchev–Trinajstić information content (AvgIpc) is 2.53. The van der Waals surface area contributed by atoms with E-state index in [2.05, 4.69) is 10.3 Å². The number of nitrogens with one attached hydrogen (secondary N) is 1. The zero-order valence-electron chi connectivity index (χ0n) is 11.9. The summed E-state index contributed by atoms with van der Waals surface area (Å²) in [6.45, 7) is 7.41. The lowest BCUT2D eigenvalue weighted by atomic mass is 9.76. The molecular formula is C13H21N3O2S. The van der Waals surface area contributed by atoms with Crippen molar-refractivity contribution in [1.29, 1.82) is 0 Å². The molecule has 3 N–H and O–H groups in total. The smallest absolute Gasteiger partial charge is 0.413 e. The third-order valence-electron chi connectivity index (χ3n) is 3.10. The Bertz CT molecular complexity index is 487. The second-order valence-electron chi connectivity index (χ2n) is 6.07. The van der Waals surface area contributed by atoms with Gasteiger partial charge in [0.25, 0.3) is 0 Å². The van der Waals surface area contributed by atoms with Crippen LogP contribution in [0.5, 0.6) is 0 Å². The Kier molecular flexibility index (Phi) is 3.57. The SMILES string of the molecule is Cc1nc(NC(=O)OC(C)(C)C)sc1C1(N)CCC1. The zero-order chi connectivity index (χ0) is 14.3. The summed E-state index contributed by atoms with van der Waals surface area (Å²) >= 11 is 1.45. The van der Waals surface area contributed by atoms with Gasteiger partial charge in [0, 0.05) is 4.88 Å². The number of aryl methyl sites for hydroxylation is 1. The number of amides is 1. The van der Waals surface area contributed by atoms with E-state index in [0.29, 0.717) is 5.13 Å². The predicted molar refractivity (Wildman–Crippen MR) is 76.4 cm³/mol. The summed E-state index contributed by atoms with van der Waals surface area (Å²) in [6, 6.07) is 0. The Morgan fingerprint density at radius 3 is 2.58 bits per heavy atom. The van der Waals surface area contributed by atoms with Gasteiger partial charge < -0.3 is 10.5 Å². The molecule has 6 heteroatoms. The molecule has 0 saturated heterocycles. The van der Waals surface area contributed by atoms with Crippen LogP contribution in [0.25, 0.3) is 0 Å². The lowest BCUT2D eigenvalue weighted by Crippen LogP contribution is -2.43. The summed E-state index contributed by atoms with van der Waals surface area (Å²) in [5, 5.41) is 3.22. The van der Waals surface area contributed by atoms with Crippen LogP contribution in [0.4, 0.5) is 9.93 Å². The van der Waals surface area contributed by atoms with E-state index >= 15 is 0 Å². The molecule has 0 radical (unpaired) electrons. The van der Waals surface area contributed by atoms with E-state index in [9.17, 15) is 4.79 Å². The summed E-state index contributed by atoms with van der Waals surface area (Å²) in [5.41, 5.74) is 6.45. The summed E-state index contributed by atoms with van der Waals surface area (Å²) in [6.07, 6.45) is 2.65. The van der Waals surface area contributed by atoms with Crippen molar-refractivity contribution < 1.29 is 9.53 Å². The molecule has 1 aliphatic carbocycles. The van der Waals surface area contributed by atoms with Crippen molar-refractivity contribution >= 4 is 22.6 Å². The lowest BCUT2D eigenvalue weighted by molar-refractivity contribution is 0.0636. The highest BCUT2D eigenvalue weighted by Gasteiger charge is 2.38. The third kappa shape index (κ3) is 3.25. The van der Waals surface area contributed by atoms with Gasteiger partial charge in [0.15, 0.2) is 5.13 Å². The fourth-order valence-electron chi connectivity index (χ4n) is 2.09. The average molecular weight is 283 g/mol. The van der Waals surface area contributed by atoms with Gasteiger partial charge in [-0.2, -0.15) is 0 Å². The second-order valence-corrected chi connectivity index (χ2v) is 7.07. The molecule has 0 unspecified atom stereocenters. The highest BCUT2D eigenvalue weighted by Crippen LogP contribution is 2.43. The van der Waals surface area contributed by atoms with Crippen LogP contribution in [0.15, 0.2) is 0 Å². The number of hydrogen-bond donors (Lipinski definition) is 2. The number of ether oxygens (including phenoxy) is 1. The lowest BCUT2D eigenvalue weighted by Gasteiger charge is -2.37. The Hall–Kier alpha value is -1.14. The van der Waals surface area contributed by atoms with Crippen LogP contribution < -0.4 is 11.1 Å². The standard InChI is InChI=1S/C13H21N3O2S/c1-8-9(13(14)6-5-7-13)19-10(15-8)16-11(17)18-12(2,3)4/h5-7,14H2,1-4H3,(H,15,16,17). The quantitative estimate of drug-likeness (QED) is 0.874. The normalized spacial score (nSPS) is 17.7. The first-order valence-electron chi connectivity index (χ1n) is 6.46. The van der Waals surface area contributed by atoms with Crippen LogP contribution in [-0.4, -0.2) is 16.7 Å². The van der Waals surface area contributed by atoms with Gasteiger partial charge in [0.2, 0.25) is 0 Å². The molecule has 1 aliphatic rings. The van der Waals surface area contributed by atoms with Crippen molar-refractivity contribution in [2.24, 2.45) is 5.73 Å². The number of nitrogens with zero attached hydrogens (tertiary/aromatic N) is 1. The fraction of sp³-hybridized carbons (Fsp3) is 0.692. The summed E-state index contributed by atoms with van der Waals surface area (Å²) < 4.78 is 5.20. The van der Waals surface area contributed by atoms with Crippen LogP contribution in [0.3, 0.4) is 0 Å². The molecule has 0 aromatic carbocycles. The molecule has 0 bridgehead atoms. The van der Waals surface area contributed by atoms with Crippen molar-refractivity contribution in [1.82, 2.24) is 4.98 Å². The molecule has 1 aromatic heterocycles. The van der Waals surface area contributed by atoms with E-state index in [0.717, 1.165) is 29.8 Å². The van der Waals surface area contributed by atoms with E-state index in [1.54, 1.807) is 0 Å². The maximum absolute atomic E-state index is 11.7. The molecule has 0 atom stereocenters. The van der Waals surface area contributed by atoms with Crippen molar-refractivity contribution in [3.05, 3.63) is 10.6 Å². The van der Waals surface area contributed by atoms with Crippen molar-refractivity contribution in [3.8, 4) is 0 Å². The van der Waals surface area contributed by atoms with Crippen LogP contribution in [-0.2, 0) is 10.3 Å². The van der Waals surface area contributed by atoms with E-state index < -0.39 is 11.7 Å². The van der Waals surface area contributed by atoms with Gasteiger partial charge in [0.1, 0.15) is 5.60 Å². The highest BCUT2D eigenvalue weighted by molar-refractivity contribution is 7.16. The van der Waals surface area contributed by atoms with Crippen molar-refractivity contribution in [2.45, 2.75) is 58.1 Å². The minimum absolute atomic E-state index is 0.240. The molecule has 1 aromatic rings. The topological polar surface area (TPSA) is 77.2 Å². The number of thiazole rings is 1. The molecule has 19 heavy (non-hydrogen) atoms. The maximum Gasteiger partial charge on any atom is 0.413 e. The number of aromatic nitrogens is 1. The van der Waals surface area contributed by atoms with E-state index in [1.165, 1.54) is 11.3 Å². The monoisotopic (exact) mass is 283 g/mol. The number of rotatable bonds is 2.